The second-order valence-electron chi connectivity index (χ2n) is 7.55. The Kier molecular flexibility index (Phi) is 7.05. The van der Waals surface area contributed by atoms with Crippen LogP contribution < -0.4 is 10.6 Å². The van der Waals surface area contributed by atoms with Gasteiger partial charge >= 0.3 is 0 Å². The van der Waals surface area contributed by atoms with Gasteiger partial charge < -0.3 is 15.2 Å². The lowest BCUT2D eigenvalue weighted by Gasteiger charge is -2.09. The van der Waals surface area contributed by atoms with Crippen molar-refractivity contribution in [2.24, 2.45) is 7.05 Å². The van der Waals surface area contributed by atoms with Gasteiger partial charge in [0, 0.05) is 17.6 Å². The highest BCUT2D eigenvalue weighted by Crippen LogP contribution is 2.37. The first-order chi connectivity index (χ1) is 15.9. The van der Waals surface area contributed by atoms with Crippen LogP contribution in [-0.4, -0.2) is 32.3 Å². The molecule has 0 radical (unpaired) electrons. The monoisotopic (exact) mass is 484 g/mol. The van der Waals surface area contributed by atoms with Crippen molar-refractivity contribution in [2.75, 3.05) is 16.4 Å². The number of aromatic nitrogens is 3. The van der Waals surface area contributed by atoms with Crippen molar-refractivity contribution < 1.29 is 14.0 Å². The smallest absolute Gasteiger partial charge is 0.235 e. The van der Waals surface area contributed by atoms with Gasteiger partial charge in [0.05, 0.1) is 17.7 Å². The Labute approximate surface area is 198 Å². The van der Waals surface area contributed by atoms with Crippen molar-refractivity contribution in [2.45, 2.75) is 37.3 Å². The van der Waals surface area contributed by atoms with Gasteiger partial charge in [0.15, 0.2) is 5.16 Å². The molecule has 0 unspecified atom stereocenters. The van der Waals surface area contributed by atoms with E-state index in [1.165, 1.54) is 52.2 Å². The molecule has 33 heavy (non-hydrogen) atoms. The van der Waals surface area contributed by atoms with Gasteiger partial charge in [-0.2, -0.15) is 5.26 Å². The highest BCUT2D eigenvalue weighted by Gasteiger charge is 2.22. The number of hydrogen-bond acceptors (Lipinski definition) is 7. The summed E-state index contributed by atoms with van der Waals surface area (Å²) in [6.45, 7) is 0. The van der Waals surface area contributed by atoms with Crippen LogP contribution in [0.3, 0.4) is 0 Å². The van der Waals surface area contributed by atoms with Crippen LogP contribution in [0.1, 0.15) is 34.7 Å². The number of fused-ring (bicyclic) bond motifs is 1. The Morgan fingerprint density at radius 1 is 1.18 bits per heavy atom. The van der Waals surface area contributed by atoms with Crippen LogP contribution in [0.5, 0.6) is 0 Å². The molecule has 0 atom stereocenters. The lowest BCUT2D eigenvalue weighted by Crippen LogP contribution is -2.17. The van der Waals surface area contributed by atoms with Crippen molar-refractivity contribution in [3.8, 4) is 6.07 Å². The number of rotatable bonds is 7. The largest absolute Gasteiger partial charge is 0.326 e. The Balaban J connectivity index is 1.33. The minimum atomic E-state index is -0.380. The first-order valence-electron chi connectivity index (χ1n) is 10.4. The lowest BCUT2D eigenvalue weighted by atomic mass is 9.96. The number of halogens is 1. The third-order valence-corrected chi connectivity index (χ3v) is 7.47. The number of nitrogens with zero attached hydrogens (tertiary/aromatic N) is 4. The standard InChI is InChI=1S/C22H21FN6O2S2/c1-29-18(10-19(30)25-14-8-6-13(23)7-9-14)27-28-22(29)32-12-20(31)26-21-16(11-24)15-4-2-3-5-17(15)33-21/h6-9H,2-5,10,12H2,1H3,(H,25,30)(H,26,31). The van der Waals surface area contributed by atoms with Crippen LogP contribution in [0.2, 0.25) is 0 Å². The van der Waals surface area contributed by atoms with Gasteiger partial charge in [-0.05, 0) is 55.5 Å². The molecule has 1 aliphatic rings. The third kappa shape index (κ3) is 5.40. The maximum atomic E-state index is 13.0. The van der Waals surface area contributed by atoms with Gasteiger partial charge in [-0.1, -0.05) is 11.8 Å². The first kappa shape index (κ1) is 22.9. The van der Waals surface area contributed by atoms with Gasteiger partial charge in [0.1, 0.15) is 22.7 Å². The summed E-state index contributed by atoms with van der Waals surface area (Å²) in [5, 5.41) is 24.3. The molecule has 2 N–H and O–H groups in total. The van der Waals surface area contributed by atoms with E-state index in [0.29, 0.717) is 27.2 Å². The zero-order chi connectivity index (χ0) is 23.4. The molecule has 8 nitrogen and oxygen atoms in total. The van der Waals surface area contributed by atoms with E-state index in [1.807, 2.05) is 0 Å². The summed E-state index contributed by atoms with van der Waals surface area (Å²) in [6.07, 6.45) is 4.00. The average molecular weight is 485 g/mol. The summed E-state index contributed by atoms with van der Waals surface area (Å²) < 4.78 is 14.7. The quantitative estimate of drug-likeness (QED) is 0.495. The van der Waals surface area contributed by atoms with E-state index in [9.17, 15) is 19.2 Å². The second-order valence-corrected chi connectivity index (χ2v) is 9.60. The number of thioether (sulfide) groups is 1. The van der Waals surface area contributed by atoms with Crippen molar-refractivity contribution in [1.82, 2.24) is 14.8 Å². The van der Waals surface area contributed by atoms with Crippen LogP contribution in [0.4, 0.5) is 15.1 Å². The number of benzene rings is 1. The van der Waals surface area contributed by atoms with E-state index in [2.05, 4.69) is 26.9 Å². The number of anilines is 2. The molecule has 4 rings (SSSR count). The molecule has 170 valence electrons. The summed E-state index contributed by atoms with van der Waals surface area (Å²) in [5.74, 6) is -0.378. The SMILES string of the molecule is Cn1c(CC(=O)Nc2ccc(F)cc2)nnc1SCC(=O)Nc1sc2c(c1C#N)CCCC2. The maximum absolute atomic E-state index is 13.0. The summed E-state index contributed by atoms with van der Waals surface area (Å²) in [7, 11) is 1.72. The van der Waals surface area contributed by atoms with Crippen molar-refractivity contribution in [1.29, 1.82) is 5.26 Å². The molecular formula is C22H21FN6O2S2. The van der Waals surface area contributed by atoms with Crippen molar-refractivity contribution in [3.63, 3.8) is 0 Å². The number of nitriles is 1. The van der Waals surface area contributed by atoms with Gasteiger partial charge in [-0.25, -0.2) is 4.39 Å². The average Bonchev–Trinajstić information content (AvgIpc) is 3.33. The number of thiophene rings is 1. The summed E-state index contributed by atoms with van der Waals surface area (Å²) >= 11 is 2.69. The van der Waals surface area contributed by atoms with Gasteiger partial charge in [0.25, 0.3) is 0 Å². The first-order valence-corrected chi connectivity index (χ1v) is 12.2. The Morgan fingerprint density at radius 2 is 1.94 bits per heavy atom. The minimum Gasteiger partial charge on any atom is -0.326 e. The van der Waals surface area contributed by atoms with E-state index in [-0.39, 0.29) is 29.8 Å². The zero-order valence-corrected chi connectivity index (χ0v) is 19.5. The third-order valence-electron chi connectivity index (χ3n) is 5.24. The molecule has 0 saturated carbocycles. The number of nitrogens with one attached hydrogen (secondary N) is 2. The molecule has 2 aromatic heterocycles. The topological polar surface area (TPSA) is 113 Å². The Morgan fingerprint density at radius 3 is 2.70 bits per heavy atom. The highest BCUT2D eigenvalue weighted by atomic mass is 32.2. The number of hydrogen-bond donors (Lipinski definition) is 2. The zero-order valence-electron chi connectivity index (χ0n) is 17.9. The molecule has 0 aliphatic heterocycles. The molecule has 0 bridgehead atoms. The van der Waals surface area contributed by atoms with Gasteiger partial charge in [-0.15, -0.1) is 21.5 Å². The number of carbonyl (C=O) groups excluding carboxylic acids is 2. The lowest BCUT2D eigenvalue weighted by molar-refractivity contribution is -0.116. The minimum absolute atomic E-state index is 0.0140. The molecule has 2 heterocycles. The number of aryl methyl sites for hydroxylation is 1. The van der Waals surface area contributed by atoms with Crippen LogP contribution in [0, 0.1) is 17.1 Å². The van der Waals surface area contributed by atoms with E-state index in [0.717, 1.165) is 31.2 Å². The second kappa shape index (κ2) is 10.1. The van der Waals surface area contributed by atoms with Crippen LogP contribution in [0.15, 0.2) is 29.4 Å². The number of amides is 2. The van der Waals surface area contributed by atoms with Crippen LogP contribution in [-0.2, 0) is 35.9 Å². The van der Waals surface area contributed by atoms with Crippen LogP contribution in [0.25, 0.3) is 0 Å². The van der Waals surface area contributed by atoms with E-state index in [4.69, 9.17) is 0 Å². The predicted octanol–water partition coefficient (Wildman–Crippen LogP) is 3.68. The van der Waals surface area contributed by atoms with E-state index < -0.39 is 0 Å². The fourth-order valence-electron chi connectivity index (χ4n) is 3.57. The predicted molar refractivity (Wildman–Crippen MR) is 125 cm³/mol. The molecule has 0 fully saturated rings. The molecular weight excluding hydrogens is 463 g/mol. The summed E-state index contributed by atoms with van der Waals surface area (Å²) in [4.78, 5) is 26.0. The molecule has 3 aromatic rings. The Hall–Kier alpha value is -3.23. The van der Waals surface area contributed by atoms with E-state index >= 15 is 0 Å². The Bertz CT molecular complexity index is 1230. The van der Waals surface area contributed by atoms with Crippen molar-refractivity contribution >= 4 is 45.6 Å². The normalized spacial score (nSPS) is 12.6. The van der Waals surface area contributed by atoms with Gasteiger partial charge in [-0.3, -0.25) is 9.59 Å². The van der Waals surface area contributed by atoms with E-state index in [1.54, 1.807) is 11.6 Å². The molecule has 2 amide bonds. The van der Waals surface area contributed by atoms with Crippen molar-refractivity contribution in [3.05, 3.63) is 51.9 Å². The summed E-state index contributed by atoms with van der Waals surface area (Å²) in [6, 6.07) is 7.73. The fraction of sp³-hybridized carbons (Fsp3) is 0.318. The van der Waals surface area contributed by atoms with Gasteiger partial charge in [0.2, 0.25) is 11.8 Å². The molecule has 1 aromatic carbocycles. The highest BCUT2D eigenvalue weighted by molar-refractivity contribution is 7.99. The molecule has 0 saturated heterocycles. The maximum Gasteiger partial charge on any atom is 0.235 e. The molecule has 1 aliphatic carbocycles. The number of carbonyl (C=O) groups is 2. The van der Waals surface area contributed by atoms with Crippen LogP contribution >= 0.6 is 23.1 Å². The molecule has 11 heteroatoms. The molecule has 0 spiro atoms. The summed E-state index contributed by atoms with van der Waals surface area (Å²) in [5.41, 5.74) is 2.15. The fourth-order valence-corrected chi connectivity index (χ4v) is 5.56.